The van der Waals surface area contributed by atoms with Crippen LogP contribution in [0.3, 0.4) is 0 Å². The maximum atomic E-state index is 13.0. The maximum absolute atomic E-state index is 13.0. The van der Waals surface area contributed by atoms with E-state index in [1.165, 1.54) is 0 Å². The van der Waals surface area contributed by atoms with Gasteiger partial charge in [-0.1, -0.05) is 12.1 Å². The summed E-state index contributed by atoms with van der Waals surface area (Å²) in [4.78, 5) is 17.0. The van der Waals surface area contributed by atoms with Crippen molar-refractivity contribution in [1.29, 1.82) is 0 Å². The van der Waals surface area contributed by atoms with Crippen LogP contribution in [-0.2, 0) is 6.61 Å². The molecule has 34 heavy (non-hydrogen) atoms. The van der Waals surface area contributed by atoms with Crippen molar-refractivity contribution in [2.45, 2.75) is 33.4 Å². The second-order valence-electron chi connectivity index (χ2n) is 7.69. The minimum Gasteiger partial charge on any atom is -0.490 e. The number of nitrogens with zero attached hydrogens (tertiary/aromatic N) is 1. The van der Waals surface area contributed by atoms with Crippen molar-refractivity contribution in [3.8, 4) is 17.2 Å². The monoisotopic (exact) mass is 460 g/mol. The quantitative estimate of drug-likeness (QED) is 0.327. The Kier molecular flexibility index (Phi) is 7.32. The molecule has 4 aromatic rings. The lowest BCUT2D eigenvalue weighted by Gasteiger charge is -2.15. The highest BCUT2D eigenvalue weighted by molar-refractivity contribution is 5.95. The van der Waals surface area contributed by atoms with E-state index < -0.39 is 0 Å². The van der Waals surface area contributed by atoms with E-state index in [0.29, 0.717) is 54.0 Å². The number of fused-ring (bicyclic) bond motifs is 1. The lowest BCUT2D eigenvalue weighted by Crippen LogP contribution is -2.26. The van der Waals surface area contributed by atoms with E-state index in [0.717, 1.165) is 10.9 Å². The molecule has 0 aliphatic rings. The summed E-state index contributed by atoms with van der Waals surface area (Å²) in [6, 6.07) is 16.3. The van der Waals surface area contributed by atoms with Gasteiger partial charge in [-0.15, -0.1) is 0 Å². The van der Waals surface area contributed by atoms with Crippen LogP contribution in [0.15, 0.2) is 71.4 Å². The van der Waals surface area contributed by atoms with Gasteiger partial charge in [0.25, 0.3) is 5.91 Å². The van der Waals surface area contributed by atoms with Crippen LogP contribution in [0.2, 0.25) is 0 Å². The van der Waals surface area contributed by atoms with Crippen LogP contribution in [-0.4, -0.2) is 24.1 Å². The zero-order valence-electron chi connectivity index (χ0n) is 19.5. The zero-order valence-corrected chi connectivity index (χ0v) is 19.5. The summed E-state index contributed by atoms with van der Waals surface area (Å²) >= 11 is 0. The largest absolute Gasteiger partial charge is 0.490 e. The first-order valence-electron chi connectivity index (χ1n) is 11.3. The van der Waals surface area contributed by atoms with E-state index in [-0.39, 0.29) is 11.9 Å². The molecule has 1 N–H and O–H groups in total. The minimum atomic E-state index is -0.340. The highest BCUT2D eigenvalue weighted by Gasteiger charge is 2.18. The molecule has 4 rings (SSSR count). The number of hydrogen-bond acceptors (Lipinski definition) is 6. The first-order valence-corrected chi connectivity index (χ1v) is 11.3. The van der Waals surface area contributed by atoms with E-state index in [9.17, 15) is 4.79 Å². The summed E-state index contributed by atoms with van der Waals surface area (Å²) < 4.78 is 23.3. The van der Waals surface area contributed by atoms with Crippen LogP contribution in [0.4, 0.5) is 0 Å². The molecule has 0 bridgehead atoms. The Morgan fingerprint density at radius 3 is 2.47 bits per heavy atom. The normalized spacial score (nSPS) is 11.7. The molecular formula is C27H28N2O5. The molecular weight excluding hydrogens is 432 g/mol. The van der Waals surface area contributed by atoms with Crippen LogP contribution in [0, 0.1) is 0 Å². The minimum absolute atomic E-state index is 0.236. The molecule has 0 saturated heterocycles. The SMILES string of the molecule is CCOc1cc(C(=O)NC(C)c2cc3cccc(OCC)c3o2)ccc1OCc1ccncc1. The molecule has 0 saturated carbocycles. The highest BCUT2D eigenvalue weighted by Crippen LogP contribution is 2.32. The Bertz CT molecular complexity index is 1250. The van der Waals surface area contributed by atoms with Gasteiger partial charge >= 0.3 is 0 Å². The first kappa shape index (κ1) is 23.2. The van der Waals surface area contributed by atoms with E-state index in [2.05, 4.69) is 10.3 Å². The Labute approximate surface area is 198 Å². The third-order valence-corrected chi connectivity index (χ3v) is 5.25. The topological polar surface area (TPSA) is 82.8 Å². The molecule has 2 heterocycles. The Hall–Kier alpha value is -4.00. The van der Waals surface area contributed by atoms with Crippen molar-refractivity contribution < 1.29 is 23.4 Å². The molecule has 1 unspecified atom stereocenters. The third-order valence-electron chi connectivity index (χ3n) is 5.25. The highest BCUT2D eigenvalue weighted by atomic mass is 16.5. The summed E-state index contributed by atoms with van der Waals surface area (Å²) in [7, 11) is 0. The fourth-order valence-electron chi connectivity index (χ4n) is 3.57. The van der Waals surface area contributed by atoms with Gasteiger partial charge in [-0.05, 0) is 68.8 Å². The molecule has 1 amide bonds. The molecule has 7 heteroatoms. The van der Waals surface area contributed by atoms with Crippen molar-refractivity contribution in [1.82, 2.24) is 10.3 Å². The molecule has 0 radical (unpaired) electrons. The molecule has 1 atom stereocenters. The van der Waals surface area contributed by atoms with Crippen molar-refractivity contribution >= 4 is 16.9 Å². The van der Waals surface area contributed by atoms with Crippen LogP contribution < -0.4 is 19.5 Å². The number of rotatable bonds is 10. The van der Waals surface area contributed by atoms with Crippen molar-refractivity contribution in [3.63, 3.8) is 0 Å². The molecule has 2 aromatic heterocycles. The van der Waals surface area contributed by atoms with Crippen LogP contribution in [0.1, 0.15) is 48.5 Å². The van der Waals surface area contributed by atoms with Gasteiger partial charge in [0.2, 0.25) is 0 Å². The number of hydrogen-bond donors (Lipinski definition) is 1. The molecule has 0 fully saturated rings. The maximum Gasteiger partial charge on any atom is 0.252 e. The van der Waals surface area contributed by atoms with Gasteiger partial charge in [0.15, 0.2) is 22.8 Å². The Morgan fingerprint density at radius 2 is 1.71 bits per heavy atom. The number of ether oxygens (including phenoxy) is 3. The second kappa shape index (κ2) is 10.7. The van der Waals surface area contributed by atoms with Gasteiger partial charge in [0.05, 0.1) is 19.3 Å². The fraction of sp³-hybridized carbons (Fsp3) is 0.259. The summed E-state index contributed by atoms with van der Waals surface area (Å²) in [6.45, 7) is 7.07. The van der Waals surface area contributed by atoms with Gasteiger partial charge in [-0.3, -0.25) is 9.78 Å². The average Bonchev–Trinajstić information content (AvgIpc) is 3.30. The van der Waals surface area contributed by atoms with Crippen LogP contribution >= 0.6 is 0 Å². The van der Waals surface area contributed by atoms with Gasteiger partial charge < -0.3 is 23.9 Å². The second-order valence-corrected chi connectivity index (χ2v) is 7.69. The molecule has 7 nitrogen and oxygen atoms in total. The molecule has 2 aromatic carbocycles. The van der Waals surface area contributed by atoms with Crippen molar-refractivity contribution in [2.24, 2.45) is 0 Å². The predicted octanol–water partition coefficient (Wildman–Crippen LogP) is 5.70. The number of pyridine rings is 1. The summed E-state index contributed by atoms with van der Waals surface area (Å²) in [5.41, 5.74) is 2.14. The Morgan fingerprint density at radius 1 is 0.941 bits per heavy atom. The molecule has 176 valence electrons. The van der Waals surface area contributed by atoms with E-state index in [1.807, 2.05) is 57.2 Å². The molecule has 0 aliphatic carbocycles. The van der Waals surface area contributed by atoms with E-state index in [1.54, 1.807) is 30.6 Å². The summed E-state index contributed by atoms with van der Waals surface area (Å²) in [5, 5.41) is 3.92. The number of benzene rings is 2. The number of nitrogens with one attached hydrogen (secondary N) is 1. The number of para-hydroxylation sites is 1. The zero-order chi connectivity index (χ0) is 23.9. The smallest absolute Gasteiger partial charge is 0.252 e. The van der Waals surface area contributed by atoms with Gasteiger partial charge in [-0.25, -0.2) is 0 Å². The fourth-order valence-corrected chi connectivity index (χ4v) is 3.57. The van der Waals surface area contributed by atoms with Crippen LogP contribution in [0.5, 0.6) is 17.2 Å². The van der Waals surface area contributed by atoms with Crippen molar-refractivity contribution in [2.75, 3.05) is 13.2 Å². The van der Waals surface area contributed by atoms with Gasteiger partial charge in [0, 0.05) is 23.3 Å². The lowest BCUT2D eigenvalue weighted by molar-refractivity contribution is 0.0935. The molecule has 0 aliphatic heterocycles. The third kappa shape index (κ3) is 5.31. The van der Waals surface area contributed by atoms with Crippen molar-refractivity contribution in [3.05, 3.63) is 83.9 Å². The standard InChI is InChI=1S/C27H28N2O5/c1-4-31-23-8-6-7-20-15-24(34-26(20)23)18(3)29-27(30)21-9-10-22(25(16-21)32-5-2)33-17-19-11-13-28-14-12-19/h6-16,18H,4-5,17H2,1-3H3,(H,29,30). The number of aromatic nitrogens is 1. The number of amides is 1. The molecule has 0 spiro atoms. The summed E-state index contributed by atoms with van der Waals surface area (Å²) in [6.07, 6.45) is 3.44. The van der Waals surface area contributed by atoms with Gasteiger partial charge in [-0.2, -0.15) is 0 Å². The average molecular weight is 461 g/mol. The summed E-state index contributed by atoms with van der Waals surface area (Å²) in [5.74, 6) is 2.19. The number of furan rings is 1. The van der Waals surface area contributed by atoms with E-state index >= 15 is 0 Å². The van der Waals surface area contributed by atoms with Gasteiger partial charge in [0.1, 0.15) is 12.4 Å². The first-order chi connectivity index (χ1) is 16.6. The Balaban J connectivity index is 1.48. The predicted molar refractivity (Wildman–Crippen MR) is 129 cm³/mol. The van der Waals surface area contributed by atoms with Crippen LogP contribution in [0.25, 0.3) is 11.0 Å². The number of carbonyl (C=O) groups is 1. The van der Waals surface area contributed by atoms with E-state index in [4.69, 9.17) is 18.6 Å². The lowest BCUT2D eigenvalue weighted by atomic mass is 10.1. The number of carbonyl (C=O) groups excluding carboxylic acids is 1.